The number of nitrogens with one attached hydrogen (secondary N) is 1. The SMILES string of the molecule is CCC(CC)C1CN=C(NCC2(N(C)C)CCCC2)S1. The van der Waals surface area contributed by atoms with Gasteiger partial charge in [-0.2, -0.15) is 0 Å². The fourth-order valence-corrected chi connectivity index (χ4v) is 4.92. The van der Waals surface area contributed by atoms with Crippen molar-refractivity contribution in [1.29, 1.82) is 0 Å². The summed E-state index contributed by atoms with van der Waals surface area (Å²) in [7, 11) is 4.45. The zero-order chi connectivity index (χ0) is 14.6. The van der Waals surface area contributed by atoms with Gasteiger partial charge in [0.05, 0.1) is 6.54 Å². The van der Waals surface area contributed by atoms with E-state index in [2.05, 4.69) is 38.2 Å². The van der Waals surface area contributed by atoms with Crippen LogP contribution in [0.15, 0.2) is 4.99 Å². The second kappa shape index (κ2) is 7.17. The Kier molecular flexibility index (Phi) is 5.79. The third kappa shape index (κ3) is 3.51. The standard InChI is InChI=1S/C16H31N3S/c1-5-13(6-2)14-11-17-15(20-14)18-12-16(19(3)4)9-7-8-10-16/h13-14H,5-12H2,1-4H3,(H,17,18). The van der Waals surface area contributed by atoms with Crippen LogP contribution < -0.4 is 5.32 Å². The van der Waals surface area contributed by atoms with Gasteiger partial charge in [-0.3, -0.25) is 4.99 Å². The van der Waals surface area contributed by atoms with Crippen LogP contribution in [0.4, 0.5) is 0 Å². The molecule has 20 heavy (non-hydrogen) atoms. The highest BCUT2D eigenvalue weighted by molar-refractivity contribution is 8.14. The van der Waals surface area contributed by atoms with Gasteiger partial charge in [-0.15, -0.1) is 0 Å². The Balaban J connectivity index is 1.83. The first-order valence-corrected chi connectivity index (χ1v) is 9.11. The first-order valence-electron chi connectivity index (χ1n) is 8.23. The van der Waals surface area contributed by atoms with Crippen molar-refractivity contribution < 1.29 is 0 Å². The third-order valence-corrected chi connectivity index (χ3v) is 6.64. The molecule has 0 aromatic heterocycles. The first-order chi connectivity index (χ1) is 9.61. The molecule has 2 rings (SSSR count). The van der Waals surface area contributed by atoms with Crippen LogP contribution in [0.2, 0.25) is 0 Å². The molecule has 0 radical (unpaired) electrons. The molecule has 3 nitrogen and oxygen atoms in total. The second-order valence-corrected chi connectivity index (χ2v) is 7.79. The van der Waals surface area contributed by atoms with Crippen LogP contribution in [0.3, 0.4) is 0 Å². The summed E-state index contributed by atoms with van der Waals surface area (Å²) in [5.74, 6) is 0.817. The average molecular weight is 298 g/mol. The minimum Gasteiger partial charge on any atom is -0.363 e. The number of aliphatic imine (C=N–C) groups is 1. The number of nitrogens with zero attached hydrogens (tertiary/aromatic N) is 2. The molecule has 0 bridgehead atoms. The van der Waals surface area contributed by atoms with Gasteiger partial charge in [0, 0.05) is 17.3 Å². The van der Waals surface area contributed by atoms with E-state index >= 15 is 0 Å². The van der Waals surface area contributed by atoms with Gasteiger partial charge >= 0.3 is 0 Å². The maximum Gasteiger partial charge on any atom is 0.156 e. The van der Waals surface area contributed by atoms with E-state index in [1.54, 1.807) is 0 Å². The summed E-state index contributed by atoms with van der Waals surface area (Å²) in [5, 5.41) is 5.54. The van der Waals surface area contributed by atoms with E-state index in [-0.39, 0.29) is 0 Å². The maximum atomic E-state index is 4.74. The van der Waals surface area contributed by atoms with Gasteiger partial charge in [-0.25, -0.2) is 0 Å². The predicted molar refractivity (Wildman–Crippen MR) is 90.6 cm³/mol. The van der Waals surface area contributed by atoms with Crippen molar-refractivity contribution in [2.24, 2.45) is 10.9 Å². The molecule has 1 saturated carbocycles. The summed E-state index contributed by atoms with van der Waals surface area (Å²) >= 11 is 1.98. The van der Waals surface area contributed by atoms with E-state index in [0.717, 1.165) is 19.0 Å². The highest BCUT2D eigenvalue weighted by Gasteiger charge is 2.36. The largest absolute Gasteiger partial charge is 0.363 e. The zero-order valence-corrected chi connectivity index (χ0v) is 14.4. The summed E-state index contributed by atoms with van der Waals surface area (Å²) in [6, 6.07) is 0. The number of hydrogen-bond donors (Lipinski definition) is 1. The van der Waals surface area contributed by atoms with Crippen molar-refractivity contribution in [3.63, 3.8) is 0 Å². The highest BCUT2D eigenvalue weighted by atomic mass is 32.2. The highest BCUT2D eigenvalue weighted by Crippen LogP contribution is 2.34. The van der Waals surface area contributed by atoms with E-state index in [1.165, 1.54) is 43.7 Å². The van der Waals surface area contributed by atoms with Crippen molar-refractivity contribution >= 4 is 16.9 Å². The first kappa shape index (κ1) is 16.2. The molecule has 1 atom stereocenters. The molecule has 1 fully saturated rings. The van der Waals surface area contributed by atoms with Crippen molar-refractivity contribution in [3.05, 3.63) is 0 Å². The Morgan fingerprint density at radius 2 is 1.95 bits per heavy atom. The predicted octanol–water partition coefficient (Wildman–Crippen LogP) is 3.36. The molecule has 0 spiro atoms. The molecule has 4 heteroatoms. The molecule has 1 N–H and O–H groups in total. The van der Waals surface area contributed by atoms with Gasteiger partial charge in [0.25, 0.3) is 0 Å². The normalized spacial score (nSPS) is 25.5. The summed E-state index contributed by atoms with van der Waals surface area (Å²) in [5.41, 5.74) is 0.357. The van der Waals surface area contributed by atoms with E-state index in [0.29, 0.717) is 10.8 Å². The van der Waals surface area contributed by atoms with Gasteiger partial charge < -0.3 is 10.2 Å². The molecule has 0 amide bonds. The molecule has 1 heterocycles. The van der Waals surface area contributed by atoms with Crippen molar-refractivity contribution in [3.8, 4) is 0 Å². The molecule has 1 aliphatic carbocycles. The lowest BCUT2D eigenvalue weighted by Gasteiger charge is -2.36. The Labute approximate surface area is 129 Å². The number of rotatable bonds is 6. The van der Waals surface area contributed by atoms with Gasteiger partial charge in [0.15, 0.2) is 5.17 Å². The van der Waals surface area contributed by atoms with Crippen LogP contribution in [0.5, 0.6) is 0 Å². The van der Waals surface area contributed by atoms with Crippen molar-refractivity contribution in [1.82, 2.24) is 10.2 Å². The van der Waals surface area contributed by atoms with Crippen LogP contribution >= 0.6 is 11.8 Å². The lowest BCUT2D eigenvalue weighted by molar-refractivity contribution is 0.161. The Hall–Kier alpha value is -0.220. The fourth-order valence-electron chi connectivity index (χ4n) is 3.60. The Morgan fingerprint density at radius 1 is 1.30 bits per heavy atom. The molecule has 1 aliphatic heterocycles. The summed E-state index contributed by atoms with van der Waals surface area (Å²) in [6.07, 6.45) is 7.94. The molecule has 0 saturated heterocycles. The van der Waals surface area contributed by atoms with Crippen LogP contribution in [0, 0.1) is 5.92 Å². The second-order valence-electron chi connectivity index (χ2n) is 6.56. The van der Waals surface area contributed by atoms with Crippen LogP contribution in [-0.2, 0) is 0 Å². The fraction of sp³-hybridized carbons (Fsp3) is 0.938. The molecule has 0 aromatic carbocycles. The summed E-state index contributed by atoms with van der Waals surface area (Å²) in [6.45, 7) is 6.68. The number of hydrogen-bond acceptors (Lipinski definition) is 4. The molecular weight excluding hydrogens is 266 g/mol. The van der Waals surface area contributed by atoms with Gasteiger partial charge in [-0.05, 0) is 32.9 Å². The monoisotopic (exact) mass is 297 g/mol. The lowest BCUT2D eigenvalue weighted by atomic mass is 9.96. The number of amidine groups is 1. The van der Waals surface area contributed by atoms with Crippen molar-refractivity contribution in [2.75, 3.05) is 27.2 Å². The van der Waals surface area contributed by atoms with E-state index in [9.17, 15) is 0 Å². The Morgan fingerprint density at radius 3 is 2.50 bits per heavy atom. The maximum absolute atomic E-state index is 4.74. The molecule has 2 aliphatic rings. The van der Waals surface area contributed by atoms with Gasteiger partial charge in [-0.1, -0.05) is 51.3 Å². The third-order valence-electron chi connectivity index (χ3n) is 5.30. The van der Waals surface area contributed by atoms with E-state index in [1.807, 2.05) is 11.8 Å². The lowest BCUT2D eigenvalue weighted by Crippen LogP contribution is -2.50. The van der Waals surface area contributed by atoms with Crippen LogP contribution in [0.25, 0.3) is 0 Å². The zero-order valence-electron chi connectivity index (χ0n) is 13.6. The minimum atomic E-state index is 0.357. The molecule has 0 aromatic rings. The molecular formula is C16H31N3S. The van der Waals surface area contributed by atoms with Crippen molar-refractivity contribution in [2.45, 2.75) is 63.2 Å². The van der Waals surface area contributed by atoms with Crippen LogP contribution in [0.1, 0.15) is 52.4 Å². The Bertz CT molecular complexity index is 331. The van der Waals surface area contributed by atoms with Gasteiger partial charge in [0.2, 0.25) is 0 Å². The summed E-state index contributed by atoms with van der Waals surface area (Å²) in [4.78, 5) is 7.16. The van der Waals surface area contributed by atoms with E-state index in [4.69, 9.17) is 4.99 Å². The minimum absolute atomic E-state index is 0.357. The summed E-state index contributed by atoms with van der Waals surface area (Å²) < 4.78 is 0. The molecule has 1 unspecified atom stereocenters. The smallest absolute Gasteiger partial charge is 0.156 e. The quantitative estimate of drug-likeness (QED) is 0.814. The average Bonchev–Trinajstić information content (AvgIpc) is 3.08. The number of thioether (sulfide) groups is 1. The molecule has 116 valence electrons. The van der Waals surface area contributed by atoms with E-state index < -0.39 is 0 Å². The number of likely N-dealkylation sites (N-methyl/N-ethyl adjacent to an activating group) is 1. The van der Waals surface area contributed by atoms with Gasteiger partial charge in [0.1, 0.15) is 0 Å². The van der Waals surface area contributed by atoms with Crippen LogP contribution in [-0.4, -0.2) is 48.0 Å². The topological polar surface area (TPSA) is 27.6 Å².